The first kappa shape index (κ1) is 29.9. The van der Waals surface area contributed by atoms with Gasteiger partial charge in [0.2, 0.25) is 11.8 Å². The Balaban J connectivity index is 1.98. The average Bonchev–Trinajstić information content (AvgIpc) is 2.91. The summed E-state index contributed by atoms with van der Waals surface area (Å²) < 4.78 is 29.4. The van der Waals surface area contributed by atoms with E-state index in [1.54, 1.807) is 67.6 Å². The van der Waals surface area contributed by atoms with Crippen molar-refractivity contribution < 1.29 is 18.0 Å². The number of carbonyl (C=O) groups is 2. The second kappa shape index (κ2) is 14.0. The number of rotatable bonds is 12. The number of unbranched alkanes of at least 4 members (excludes halogenated alkanes) is 1. The third-order valence-electron chi connectivity index (χ3n) is 5.96. The van der Waals surface area contributed by atoms with Gasteiger partial charge in [-0.25, -0.2) is 8.42 Å². The van der Waals surface area contributed by atoms with E-state index in [1.807, 2.05) is 13.0 Å². The molecule has 0 fully saturated rings. The number of hydrogen-bond acceptors (Lipinski definition) is 4. The van der Waals surface area contributed by atoms with Crippen LogP contribution in [0.15, 0.2) is 83.8 Å². The molecule has 7 nitrogen and oxygen atoms in total. The molecular weight excluding hydrogens is 637 g/mol. The first-order valence-corrected chi connectivity index (χ1v) is 15.2. The average molecular weight is 668 g/mol. The summed E-state index contributed by atoms with van der Waals surface area (Å²) in [5.41, 5.74) is 1.08. The van der Waals surface area contributed by atoms with Crippen molar-refractivity contribution in [3.63, 3.8) is 0 Å². The summed E-state index contributed by atoms with van der Waals surface area (Å²) in [6.45, 7) is 3.77. The van der Waals surface area contributed by atoms with E-state index in [9.17, 15) is 18.0 Å². The number of anilines is 1. The van der Waals surface area contributed by atoms with Crippen molar-refractivity contribution in [2.75, 3.05) is 17.4 Å². The zero-order valence-corrected chi connectivity index (χ0v) is 25.0. The van der Waals surface area contributed by atoms with E-state index in [0.717, 1.165) is 26.3 Å². The van der Waals surface area contributed by atoms with Crippen LogP contribution >= 0.6 is 34.2 Å². The summed E-state index contributed by atoms with van der Waals surface area (Å²) in [5.74, 6) is -0.818. The molecule has 1 N–H and O–H groups in total. The zero-order valence-electron chi connectivity index (χ0n) is 21.3. The fourth-order valence-corrected chi connectivity index (χ4v) is 5.81. The van der Waals surface area contributed by atoms with E-state index in [0.29, 0.717) is 17.3 Å². The Hall–Kier alpha value is -2.63. The molecule has 0 unspecified atom stereocenters. The number of sulfonamides is 1. The molecule has 202 valence electrons. The Morgan fingerprint density at radius 2 is 1.68 bits per heavy atom. The standard InChI is InChI=1S/C28H31ClIN3O4S/c1-3-4-17-31-28(35)21(2)32(19-22-9-8-10-23(29)18-22)27(34)20-33(25-15-13-24(30)14-16-25)38(36,37)26-11-6-5-7-12-26/h5-16,18,21H,3-4,17,19-20H2,1-2H3,(H,31,35)/t21-/m1/s1. The van der Waals surface area contributed by atoms with Crippen molar-refractivity contribution in [1.82, 2.24) is 10.2 Å². The Labute approximate surface area is 243 Å². The maximum atomic E-state index is 13.8. The highest BCUT2D eigenvalue weighted by Gasteiger charge is 2.32. The topological polar surface area (TPSA) is 86.8 Å². The van der Waals surface area contributed by atoms with Gasteiger partial charge in [0.15, 0.2) is 0 Å². The van der Waals surface area contributed by atoms with Gasteiger partial charge >= 0.3 is 0 Å². The second-order valence-corrected chi connectivity index (χ2v) is 12.3. The number of benzene rings is 3. The van der Waals surface area contributed by atoms with Crippen LogP contribution in [0.25, 0.3) is 0 Å². The number of halogens is 2. The number of nitrogens with one attached hydrogen (secondary N) is 1. The Bertz CT molecular complexity index is 1340. The number of hydrogen-bond donors (Lipinski definition) is 1. The number of amides is 2. The van der Waals surface area contributed by atoms with Crippen LogP contribution < -0.4 is 9.62 Å². The van der Waals surface area contributed by atoms with Crippen molar-refractivity contribution in [2.45, 2.75) is 44.2 Å². The summed E-state index contributed by atoms with van der Waals surface area (Å²) in [4.78, 5) is 28.3. The van der Waals surface area contributed by atoms with Crippen LogP contribution in [0.5, 0.6) is 0 Å². The van der Waals surface area contributed by atoms with Gasteiger partial charge in [0, 0.05) is 21.7 Å². The van der Waals surface area contributed by atoms with Crippen molar-refractivity contribution in [1.29, 1.82) is 0 Å². The van der Waals surface area contributed by atoms with Gasteiger partial charge < -0.3 is 10.2 Å². The molecule has 3 rings (SSSR count). The van der Waals surface area contributed by atoms with Gasteiger partial charge in [0.25, 0.3) is 10.0 Å². The van der Waals surface area contributed by atoms with Gasteiger partial charge in [-0.2, -0.15) is 0 Å². The summed E-state index contributed by atoms with van der Waals surface area (Å²) in [6.07, 6.45) is 1.73. The quantitative estimate of drug-likeness (QED) is 0.205. The van der Waals surface area contributed by atoms with Gasteiger partial charge in [0.1, 0.15) is 12.6 Å². The molecule has 0 aliphatic heterocycles. The van der Waals surface area contributed by atoms with Crippen LogP contribution in [0.1, 0.15) is 32.3 Å². The van der Waals surface area contributed by atoms with E-state index in [-0.39, 0.29) is 17.3 Å². The van der Waals surface area contributed by atoms with Crippen LogP contribution in [0.4, 0.5) is 5.69 Å². The van der Waals surface area contributed by atoms with Crippen molar-refractivity contribution in [3.8, 4) is 0 Å². The van der Waals surface area contributed by atoms with Crippen molar-refractivity contribution in [3.05, 3.63) is 93.0 Å². The van der Waals surface area contributed by atoms with Crippen LogP contribution in [-0.2, 0) is 26.2 Å². The third kappa shape index (κ3) is 7.94. The maximum absolute atomic E-state index is 13.8. The maximum Gasteiger partial charge on any atom is 0.264 e. The highest BCUT2D eigenvalue weighted by atomic mass is 127. The molecule has 0 saturated heterocycles. The second-order valence-electron chi connectivity index (χ2n) is 8.77. The lowest BCUT2D eigenvalue weighted by atomic mass is 10.1. The van der Waals surface area contributed by atoms with Gasteiger partial charge in [-0.3, -0.25) is 13.9 Å². The fraction of sp³-hybridized carbons (Fsp3) is 0.286. The van der Waals surface area contributed by atoms with Crippen LogP contribution in [0.3, 0.4) is 0 Å². The fourth-order valence-electron chi connectivity index (χ4n) is 3.81. The summed E-state index contributed by atoms with van der Waals surface area (Å²) in [5, 5.41) is 3.37. The molecule has 3 aromatic rings. The summed E-state index contributed by atoms with van der Waals surface area (Å²) in [6, 6.07) is 21.1. The molecule has 0 saturated carbocycles. The lowest BCUT2D eigenvalue weighted by molar-refractivity contribution is -0.139. The van der Waals surface area contributed by atoms with Crippen molar-refractivity contribution >= 4 is 61.7 Å². The minimum absolute atomic E-state index is 0.0677. The number of carbonyl (C=O) groups excluding carboxylic acids is 2. The third-order valence-corrected chi connectivity index (χ3v) is 8.71. The molecule has 2 amide bonds. The Morgan fingerprint density at radius 3 is 2.32 bits per heavy atom. The predicted octanol–water partition coefficient (Wildman–Crippen LogP) is 5.47. The summed E-state index contributed by atoms with van der Waals surface area (Å²) >= 11 is 8.30. The molecule has 0 radical (unpaired) electrons. The Kier molecular flexibility index (Phi) is 11.0. The van der Waals surface area contributed by atoms with E-state index < -0.39 is 28.5 Å². The molecular formula is C28H31ClIN3O4S. The SMILES string of the molecule is CCCCNC(=O)[C@@H](C)N(Cc1cccc(Cl)c1)C(=O)CN(c1ccc(I)cc1)S(=O)(=O)c1ccccc1. The molecule has 0 aliphatic rings. The normalized spacial score (nSPS) is 12.0. The minimum Gasteiger partial charge on any atom is -0.354 e. The minimum atomic E-state index is -4.08. The lowest BCUT2D eigenvalue weighted by Crippen LogP contribution is -2.51. The van der Waals surface area contributed by atoms with Gasteiger partial charge in [-0.15, -0.1) is 0 Å². The zero-order chi connectivity index (χ0) is 27.7. The monoisotopic (exact) mass is 667 g/mol. The molecule has 0 aromatic heterocycles. The van der Waals surface area contributed by atoms with E-state index >= 15 is 0 Å². The largest absolute Gasteiger partial charge is 0.354 e. The predicted molar refractivity (Wildman–Crippen MR) is 160 cm³/mol. The first-order valence-electron chi connectivity index (χ1n) is 12.3. The van der Waals surface area contributed by atoms with E-state index in [4.69, 9.17) is 11.6 Å². The van der Waals surface area contributed by atoms with Crippen LogP contribution in [0, 0.1) is 3.57 Å². The van der Waals surface area contributed by atoms with Crippen molar-refractivity contribution in [2.24, 2.45) is 0 Å². The smallest absolute Gasteiger partial charge is 0.264 e. The molecule has 0 heterocycles. The van der Waals surface area contributed by atoms with Gasteiger partial charge in [0.05, 0.1) is 10.6 Å². The first-order chi connectivity index (χ1) is 18.1. The highest BCUT2D eigenvalue weighted by molar-refractivity contribution is 14.1. The molecule has 3 aromatic carbocycles. The Morgan fingerprint density at radius 1 is 1.00 bits per heavy atom. The molecule has 0 aliphatic carbocycles. The van der Waals surface area contributed by atoms with E-state index in [2.05, 4.69) is 27.9 Å². The molecule has 38 heavy (non-hydrogen) atoms. The molecule has 1 atom stereocenters. The van der Waals surface area contributed by atoms with Crippen LogP contribution in [0.2, 0.25) is 5.02 Å². The van der Waals surface area contributed by atoms with E-state index in [1.165, 1.54) is 17.0 Å². The van der Waals surface area contributed by atoms with Crippen LogP contribution in [-0.4, -0.2) is 44.3 Å². The molecule has 0 bridgehead atoms. The number of nitrogens with zero attached hydrogens (tertiary/aromatic N) is 2. The molecule has 0 spiro atoms. The highest BCUT2D eigenvalue weighted by Crippen LogP contribution is 2.25. The molecule has 10 heteroatoms. The summed E-state index contributed by atoms with van der Waals surface area (Å²) in [7, 11) is -4.08. The van der Waals surface area contributed by atoms with Gasteiger partial charge in [-0.05, 0) is 90.0 Å². The van der Waals surface area contributed by atoms with Gasteiger partial charge in [-0.1, -0.05) is 55.3 Å². The lowest BCUT2D eigenvalue weighted by Gasteiger charge is -2.32.